The summed E-state index contributed by atoms with van der Waals surface area (Å²) in [5.74, 6) is 0.852. The van der Waals surface area contributed by atoms with Crippen molar-refractivity contribution < 1.29 is 9.47 Å². The van der Waals surface area contributed by atoms with Crippen LogP contribution in [-0.4, -0.2) is 31.4 Å². The predicted molar refractivity (Wildman–Crippen MR) is 82.3 cm³/mol. The van der Waals surface area contributed by atoms with Crippen molar-refractivity contribution in [2.45, 2.75) is 44.2 Å². The Balaban J connectivity index is 2.23. The molecule has 1 saturated heterocycles. The highest BCUT2D eigenvalue weighted by molar-refractivity contribution is 5.58. The van der Waals surface area contributed by atoms with Gasteiger partial charge in [-0.25, -0.2) is 0 Å². The molecule has 112 valence electrons. The minimum atomic E-state index is -0.127. The van der Waals surface area contributed by atoms with E-state index in [1.54, 1.807) is 7.11 Å². The molecule has 20 heavy (non-hydrogen) atoms. The van der Waals surface area contributed by atoms with E-state index in [9.17, 15) is 0 Å². The molecule has 0 aliphatic carbocycles. The molecule has 0 radical (unpaired) electrons. The van der Waals surface area contributed by atoms with Crippen LogP contribution in [0.5, 0.6) is 5.75 Å². The van der Waals surface area contributed by atoms with E-state index in [-0.39, 0.29) is 11.1 Å². The number of anilines is 1. The fourth-order valence-electron chi connectivity index (χ4n) is 2.94. The number of rotatable bonds is 5. The van der Waals surface area contributed by atoms with Gasteiger partial charge in [0.25, 0.3) is 0 Å². The lowest BCUT2D eigenvalue weighted by Gasteiger charge is -2.46. The highest BCUT2D eigenvalue weighted by Gasteiger charge is 2.41. The molecule has 2 unspecified atom stereocenters. The van der Waals surface area contributed by atoms with Crippen molar-refractivity contribution in [3.63, 3.8) is 0 Å². The third kappa shape index (κ3) is 3.07. The van der Waals surface area contributed by atoms with Gasteiger partial charge in [-0.2, -0.15) is 0 Å². The molecule has 1 aromatic carbocycles. The number of hydrogen-bond acceptors (Lipinski definition) is 4. The van der Waals surface area contributed by atoms with Crippen molar-refractivity contribution in [1.29, 1.82) is 0 Å². The maximum Gasteiger partial charge on any atom is 0.141 e. The molecule has 1 aliphatic heterocycles. The summed E-state index contributed by atoms with van der Waals surface area (Å²) >= 11 is 0. The molecule has 4 heteroatoms. The first kappa shape index (κ1) is 15.1. The van der Waals surface area contributed by atoms with Crippen LogP contribution in [0.3, 0.4) is 0 Å². The first-order valence-corrected chi connectivity index (χ1v) is 7.32. The second-order valence-electron chi connectivity index (χ2n) is 5.89. The lowest BCUT2D eigenvalue weighted by molar-refractivity contribution is -0.0882. The summed E-state index contributed by atoms with van der Waals surface area (Å²) in [6.07, 6.45) is 2.81. The summed E-state index contributed by atoms with van der Waals surface area (Å²) in [6.45, 7) is 5.66. The van der Waals surface area contributed by atoms with Crippen LogP contribution < -0.4 is 15.8 Å². The van der Waals surface area contributed by atoms with Gasteiger partial charge in [-0.15, -0.1) is 0 Å². The normalized spacial score (nSPS) is 30.0. The predicted octanol–water partition coefficient (Wildman–Crippen LogP) is 2.78. The molecule has 1 fully saturated rings. The van der Waals surface area contributed by atoms with Gasteiger partial charge < -0.3 is 20.5 Å². The monoisotopic (exact) mass is 278 g/mol. The van der Waals surface area contributed by atoms with Crippen LogP contribution in [0, 0.1) is 0 Å². The number of ether oxygens (including phenoxy) is 2. The fraction of sp³-hybridized carbons (Fsp3) is 0.625. The number of nitrogens with two attached hydrogens (primary N) is 1. The van der Waals surface area contributed by atoms with E-state index in [0.29, 0.717) is 6.54 Å². The van der Waals surface area contributed by atoms with Gasteiger partial charge in [0, 0.05) is 19.6 Å². The molecule has 2 atom stereocenters. The molecule has 0 saturated carbocycles. The zero-order valence-electron chi connectivity index (χ0n) is 12.7. The maximum absolute atomic E-state index is 6.09. The minimum absolute atomic E-state index is 0.105. The summed E-state index contributed by atoms with van der Waals surface area (Å²) < 4.78 is 11.4. The smallest absolute Gasteiger partial charge is 0.141 e. The quantitative estimate of drug-likeness (QED) is 0.869. The van der Waals surface area contributed by atoms with Crippen LogP contribution in [0.1, 0.15) is 33.1 Å². The molecule has 1 heterocycles. The van der Waals surface area contributed by atoms with Crippen molar-refractivity contribution in [1.82, 2.24) is 0 Å². The Morgan fingerprint density at radius 1 is 1.40 bits per heavy atom. The highest BCUT2D eigenvalue weighted by Crippen LogP contribution is 2.38. The molecule has 1 aromatic rings. The third-order valence-corrected chi connectivity index (χ3v) is 4.39. The molecule has 0 spiro atoms. The van der Waals surface area contributed by atoms with Gasteiger partial charge in [-0.3, -0.25) is 0 Å². The molecule has 0 bridgehead atoms. The number of hydrogen-bond donors (Lipinski definition) is 2. The van der Waals surface area contributed by atoms with Crippen molar-refractivity contribution in [3.05, 3.63) is 24.3 Å². The summed E-state index contributed by atoms with van der Waals surface area (Å²) in [7, 11) is 1.69. The zero-order valence-corrected chi connectivity index (χ0v) is 12.7. The largest absolute Gasteiger partial charge is 0.495 e. The van der Waals surface area contributed by atoms with Crippen molar-refractivity contribution in [2.24, 2.45) is 5.73 Å². The van der Waals surface area contributed by atoms with Gasteiger partial charge in [0.05, 0.1) is 23.9 Å². The van der Waals surface area contributed by atoms with Crippen molar-refractivity contribution in [2.75, 3.05) is 25.6 Å². The number of benzene rings is 1. The fourth-order valence-corrected chi connectivity index (χ4v) is 2.94. The topological polar surface area (TPSA) is 56.5 Å². The molecule has 1 aliphatic rings. The third-order valence-electron chi connectivity index (χ3n) is 4.39. The van der Waals surface area contributed by atoms with E-state index in [4.69, 9.17) is 15.2 Å². The van der Waals surface area contributed by atoms with Crippen molar-refractivity contribution >= 4 is 5.69 Å². The molecule has 2 rings (SSSR count). The van der Waals surface area contributed by atoms with Gasteiger partial charge >= 0.3 is 0 Å². The van der Waals surface area contributed by atoms with Crippen LogP contribution in [0.4, 0.5) is 5.69 Å². The Bertz CT molecular complexity index is 452. The van der Waals surface area contributed by atoms with Crippen LogP contribution in [-0.2, 0) is 4.74 Å². The summed E-state index contributed by atoms with van der Waals surface area (Å²) in [5, 5.41) is 3.62. The molecule has 0 aromatic heterocycles. The van der Waals surface area contributed by atoms with E-state index in [2.05, 4.69) is 19.2 Å². The van der Waals surface area contributed by atoms with Crippen LogP contribution >= 0.6 is 0 Å². The molecule has 4 nitrogen and oxygen atoms in total. The highest BCUT2D eigenvalue weighted by atomic mass is 16.5. The summed E-state index contributed by atoms with van der Waals surface area (Å²) in [6, 6.07) is 7.98. The van der Waals surface area contributed by atoms with E-state index in [1.165, 1.54) is 0 Å². The Kier molecular flexibility index (Phi) is 4.55. The number of para-hydroxylation sites is 2. The Labute approximate surface area is 121 Å². The molecular formula is C16H26N2O2. The average molecular weight is 278 g/mol. The van der Waals surface area contributed by atoms with Gasteiger partial charge in [-0.05, 0) is 31.9 Å². The van der Waals surface area contributed by atoms with E-state index in [1.807, 2.05) is 24.3 Å². The SMILES string of the molecule is CCC1(C)CC(CN)(Nc2ccccc2OC)CCO1. The van der Waals surface area contributed by atoms with E-state index >= 15 is 0 Å². The maximum atomic E-state index is 6.09. The van der Waals surface area contributed by atoms with Gasteiger partial charge in [-0.1, -0.05) is 19.1 Å². The molecule has 3 N–H and O–H groups in total. The van der Waals surface area contributed by atoms with E-state index in [0.717, 1.165) is 37.3 Å². The Morgan fingerprint density at radius 3 is 2.80 bits per heavy atom. The first-order valence-electron chi connectivity index (χ1n) is 7.32. The van der Waals surface area contributed by atoms with Crippen LogP contribution in [0.25, 0.3) is 0 Å². The standard InChI is InChI=1S/C16H26N2O2/c1-4-15(2)11-16(12-17,9-10-20-15)18-13-7-5-6-8-14(13)19-3/h5-8,18H,4,9-12,17H2,1-3H3. The number of nitrogens with one attached hydrogen (secondary N) is 1. The van der Waals surface area contributed by atoms with Crippen molar-refractivity contribution in [3.8, 4) is 5.75 Å². The molecular weight excluding hydrogens is 252 g/mol. The van der Waals surface area contributed by atoms with Crippen LogP contribution in [0.2, 0.25) is 0 Å². The van der Waals surface area contributed by atoms with Gasteiger partial charge in [0.1, 0.15) is 5.75 Å². The van der Waals surface area contributed by atoms with Gasteiger partial charge in [0.2, 0.25) is 0 Å². The van der Waals surface area contributed by atoms with Crippen LogP contribution in [0.15, 0.2) is 24.3 Å². The first-order chi connectivity index (χ1) is 9.56. The zero-order chi connectivity index (χ0) is 14.6. The second-order valence-corrected chi connectivity index (χ2v) is 5.89. The summed E-state index contributed by atoms with van der Waals surface area (Å²) in [5.41, 5.74) is 6.86. The molecule has 0 amide bonds. The summed E-state index contributed by atoms with van der Waals surface area (Å²) in [4.78, 5) is 0. The number of methoxy groups -OCH3 is 1. The van der Waals surface area contributed by atoms with Gasteiger partial charge in [0.15, 0.2) is 0 Å². The second kappa shape index (κ2) is 6.02. The van der Waals surface area contributed by atoms with E-state index < -0.39 is 0 Å². The lowest BCUT2D eigenvalue weighted by atomic mass is 9.79. The minimum Gasteiger partial charge on any atom is -0.495 e. The Hall–Kier alpha value is -1.26. The lowest BCUT2D eigenvalue weighted by Crippen LogP contribution is -2.55. The average Bonchev–Trinajstić information content (AvgIpc) is 2.48. The Morgan fingerprint density at radius 2 is 2.15 bits per heavy atom.